The average molecular weight is 221 g/mol. The minimum Gasteiger partial charge on any atom is -0.478 e. The van der Waals surface area contributed by atoms with Crippen LogP contribution in [-0.2, 0) is 4.79 Å². The van der Waals surface area contributed by atoms with E-state index in [1.54, 1.807) is 6.07 Å². The molecule has 0 radical (unpaired) electrons. The number of nitriles is 1. The Balaban J connectivity index is 3.03. The van der Waals surface area contributed by atoms with Crippen molar-refractivity contribution >= 4 is 12.0 Å². The number of rotatable bonds is 4. The van der Waals surface area contributed by atoms with Crippen LogP contribution in [0.2, 0.25) is 0 Å². The smallest absolute Gasteiger partial charge is 0.328 e. The van der Waals surface area contributed by atoms with Gasteiger partial charge in [-0.3, -0.25) is 0 Å². The van der Waals surface area contributed by atoms with Gasteiger partial charge in [0.25, 0.3) is 0 Å². The number of nitrogens with zero attached hydrogens (tertiary/aromatic N) is 1. The fourth-order valence-corrected chi connectivity index (χ4v) is 1.07. The van der Waals surface area contributed by atoms with Crippen molar-refractivity contribution in [3.63, 3.8) is 0 Å². The Hall–Kier alpha value is -2.35. The van der Waals surface area contributed by atoms with Crippen molar-refractivity contribution < 1.29 is 19.0 Å². The lowest BCUT2D eigenvalue weighted by molar-refractivity contribution is -0.131. The Labute approximate surface area is 91.2 Å². The molecule has 1 aromatic carbocycles. The zero-order chi connectivity index (χ0) is 12.0. The van der Waals surface area contributed by atoms with E-state index in [-0.39, 0.29) is 17.9 Å². The van der Waals surface area contributed by atoms with Crippen LogP contribution in [0.3, 0.4) is 0 Å². The van der Waals surface area contributed by atoms with E-state index < -0.39 is 11.8 Å². The maximum absolute atomic E-state index is 13.3. The summed E-state index contributed by atoms with van der Waals surface area (Å²) in [5, 5.41) is 16.8. The second kappa shape index (κ2) is 5.51. The molecule has 0 amide bonds. The predicted molar refractivity (Wildman–Crippen MR) is 54.2 cm³/mol. The molecule has 1 aromatic rings. The number of carboxylic acid groups (broad SMARTS) is 1. The zero-order valence-electron chi connectivity index (χ0n) is 8.18. The minimum absolute atomic E-state index is 0.124. The monoisotopic (exact) mass is 221 g/mol. The first-order valence-electron chi connectivity index (χ1n) is 4.34. The standard InChI is InChI=1S/C11H8FNO3/c12-9-3-1-2-8(4-5-10(14)15)11(9)16-7-6-13/h1-5H,7H2,(H,14,15)/b5-4+. The second-order valence-electron chi connectivity index (χ2n) is 2.78. The molecule has 0 bridgehead atoms. The number of ether oxygens (including phenoxy) is 1. The summed E-state index contributed by atoms with van der Waals surface area (Å²) in [4.78, 5) is 10.3. The van der Waals surface area contributed by atoms with Gasteiger partial charge in [0.15, 0.2) is 18.2 Å². The number of halogens is 1. The van der Waals surface area contributed by atoms with Crippen molar-refractivity contribution in [3.8, 4) is 11.8 Å². The molecule has 1 rings (SSSR count). The molecule has 82 valence electrons. The van der Waals surface area contributed by atoms with Gasteiger partial charge in [0.05, 0.1) is 0 Å². The first-order chi connectivity index (χ1) is 7.65. The molecular formula is C11H8FNO3. The summed E-state index contributed by atoms with van der Waals surface area (Å²) in [6.45, 7) is -0.297. The van der Waals surface area contributed by atoms with E-state index in [9.17, 15) is 9.18 Å². The van der Waals surface area contributed by atoms with Gasteiger partial charge in [0.1, 0.15) is 6.07 Å². The maximum Gasteiger partial charge on any atom is 0.328 e. The summed E-state index contributed by atoms with van der Waals surface area (Å²) in [5.74, 6) is -1.90. The van der Waals surface area contributed by atoms with E-state index >= 15 is 0 Å². The Morgan fingerprint density at radius 3 is 3.00 bits per heavy atom. The lowest BCUT2D eigenvalue weighted by atomic mass is 10.2. The van der Waals surface area contributed by atoms with Gasteiger partial charge in [-0.05, 0) is 12.1 Å². The average Bonchev–Trinajstić information content (AvgIpc) is 2.25. The number of para-hydroxylation sites is 1. The highest BCUT2D eigenvalue weighted by molar-refractivity contribution is 5.85. The van der Waals surface area contributed by atoms with Gasteiger partial charge in [-0.25, -0.2) is 9.18 Å². The van der Waals surface area contributed by atoms with Gasteiger partial charge >= 0.3 is 5.97 Å². The summed E-state index contributed by atoms with van der Waals surface area (Å²) in [6.07, 6.45) is 2.08. The summed E-state index contributed by atoms with van der Waals surface area (Å²) >= 11 is 0. The molecule has 0 heterocycles. The van der Waals surface area contributed by atoms with Crippen LogP contribution in [-0.4, -0.2) is 17.7 Å². The van der Waals surface area contributed by atoms with Crippen LogP contribution in [0.4, 0.5) is 4.39 Å². The van der Waals surface area contributed by atoms with Gasteiger partial charge in [-0.2, -0.15) is 5.26 Å². The van der Waals surface area contributed by atoms with Crippen LogP contribution in [0.1, 0.15) is 5.56 Å². The van der Waals surface area contributed by atoms with Crippen molar-refractivity contribution in [2.45, 2.75) is 0 Å². The summed E-state index contributed by atoms with van der Waals surface area (Å²) in [7, 11) is 0. The molecule has 5 heteroatoms. The Morgan fingerprint density at radius 2 is 2.38 bits per heavy atom. The van der Waals surface area contributed by atoms with Gasteiger partial charge in [-0.15, -0.1) is 0 Å². The largest absolute Gasteiger partial charge is 0.478 e. The third kappa shape index (κ3) is 3.10. The third-order valence-corrected chi connectivity index (χ3v) is 1.68. The lowest BCUT2D eigenvalue weighted by Crippen LogP contribution is -1.98. The van der Waals surface area contributed by atoms with Crippen LogP contribution in [0.15, 0.2) is 24.3 Å². The number of hydrogen-bond donors (Lipinski definition) is 1. The van der Waals surface area contributed by atoms with Gasteiger partial charge in [0.2, 0.25) is 0 Å². The second-order valence-corrected chi connectivity index (χ2v) is 2.78. The summed E-state index contributed by atoms with van der Waals surface area (Å²) in [5.41, 5.74) is 0.276. The summed E-state index contributed by atoms with van der Waals surface area (Å²) < 4.78 is 18.2. The first-order valence-corrected chi connectivity index (χ1v) is 4.34. The molecule has 0 atom stereocenters. The molecule has 0 saturated carbocycles. The summed E-state index contributed by atoms with van der Waals surface area (Å²) in [6, 6.07) is 5.80. The van der Waals surface area contributed by atoms with Crippen LogP contribution < -0.4 is 4.74 Å². The molecule has 0 aliphatic rings. The molecule has 0 aromatic heterocycles. The quantitative estimate of drug-likeness (QED) is 0.787. The van der Waals surface area contributed by atoms with Crippen molar-refractivity contribution in [3.05, 3.63) is 35.7 Å². The molecule has 0 spiro atoms. The van der Waals surface area contributed by atoms with Crippen LogP contribution in [0.25, 0.3) is 6.08 Å². The predicted octanol–water partition coefficient (Wildman–Crippen LogP) is 1.83. The number of benzene rings is 1. The number of carboxylic acids is 1. The molecule has 16 heavy (non-hydrogen) atoms. The SMILES string of the molecule is N#CCOc1c(F)cccc1/C=C/C(=O)O. The fourth-order valence-electron chi connectivity index (χ4n) is 1.07. The molecule has 1 N–H and O–H groups in total. The van der Waals surface area contributed by atoms with Crippen molar-refractivity contribution in [2.24, 2.45) is 0 Å². The number of hydrogen-bond acceptors (Lipinski definition) is 3. The van der Waals surface area contributed by atoms with E-state index in [2.05, 4.69) is 0 Å². The lowest BCUT2D eigenvalue weighted by Gasteiger charge is -2.06. The zero-order valence-corrected chi connectivity index (χ0v) is 8.18. The maximum atomic E-state index is 13.3. The minimum atomic E-state index is -1.14. The van der Waals surface area contributed by atoms with Crippen molar-refractivity contribution in [2.75, 3.05) is 6.61 Å². The van der Waals surface area contributed by atoms with Crippen LogP contribution in [0, 0.1) is 17.1 Å². The van der Waals surface area contributed by atoms with E-state index in [0.29, 0.717) is 0 Å². The molecule has 0 saturated heterocycles. The Kier molecular flexibility index (Phi) is 4.04. The molecule has 0 fully saturated rings. The van der Waals surface area contributed by atoms with E-state index in [0.717, 1.165) is 6.08 Å². The highest BCUT2D eigenvalue weighted by atomic mass is 19.1. The van der Waals surface area contributed by atoms with Gasteiger partial charge in [-0.1, -0.05) is 12.1 Å². The van der Waals surface area contributed by atoms with Crippen molar-refractivity contribution in [1.82, 2.24) is 0 Å². The van der Waals surface area contributed by atoms with Gasteiger partial charge in [0, 0.05) is 11.6 Å². The van der Waals surface area contributed by atoms with E-state index in [1.165, 1.54) is 24.3 Å². The van der Waals surface area contributed by atoms with Gasteiger partial charge < -0.3 is 9.84 Å². The fraction of sp³-hybridized carbons (Fsp3) is 0.0909. The third-order valence-electron chi connectivity index (χ3n) is 1.68. The molecular weight excluding hydrogens is 213 g/mol. The molecule has 0 aliphatic carbocycles. The van der Waals surface area contributed by atoms with Crippen LogP contribution in [0.5, 0.6) is 5.75 Å². The normalized spacial score (nSPS) is 10.0. The van der Waals surface area contributed by atoms with E-state index in [4.69, 9.17) is 15.1 Å². The highest BCUT2D eigenvalue weighted by Crippen LogP contribution is 2.23. The molecule has 0 aliphatic heterocycles. The molecule has 4 nitrogen and oxygen atoms in total. The topological polar surface area (TPSA) is 70.3 Å². The first kappa shape index (κ1) is 11.7. The highest BCUT2D eigenvalue weighted by Gasteiger charge is 2.07. The Morgan fingerprint density at radius 1 is 1.62 bits per heavy atom. The van der Waals surface area contributed by atoms with E-state index in [1.807, 2.05) is 0 Å². The number of carbonyl (C=O) groups is 1. The van der Waals surface area contributed by atoms with Crippen LogP contribution >= 0.6 is 0 Å². The molecule has 0 unspecified atom stereocenters. The Bertz CT molecular complexity index is 463. The number of aliphatic carboxylic acids is 1. The van der Waals surface area contributed by atoms with Crippen molar-refractivity contribution in [1.29, 1.82) is 5.26 Å².